The van der Waals surface area contributed by atoms with Crippen molar-refractivity contribution in [2.75, 3.05) is 38.6 Å². The second-order valence-electron chi connectivity index (χ2n) is 6.53. The molecule has 150 valence electrons. The number of piperazine rings is 1. The summed E-state index contributed by atoms with van der Waals surface area (Å²) in [4.78, 5) is 17.4. The highest BCUT2D eigenvalue weighted by molar-refractivity contribution is 7.80. The van der Waals surface area contributed by atoms with Crippen LogP contribution < -0.4 is 5.32 Å². The summed E-state index contributed by atoms with van der Waals surface area (Å²) in [5.41, 5.74) is 1.66. The van der Waals surface area contributed by atoms with Gasteiger partial charge in [0.2, 0.25) is 0 Å². The highest BCUT2D eigenvalue weighted by atomic mass is 35.5. The summed E-state index contributed by atoms with van der Waals surface area (Å²) < 4.78 is 4.85. The summed E-state index contributed by atoms with van der Waals surface area (Å²) in [6, 6.07) is 7.56. The number of nitrogens with zero attached hydrogens (tertiary/aromatic N) is 2. The minimum atomic E-state index is -0.360. The monoisotopic (exact) mass is 457 g/mol. The maximum absolute atomic E-state index is 11.9. The van der Waals surface area contributed by atoms with E-state index in [0.29, 0.717) is 20.7 Å². The van der Waals surface area contributed by atoms with Gasteiger partial charge in [-0.05, 0) is 42.9 Å². The average Bonchev–Trinajstić information content (AvgIpc) is 3.04. The molecule has 0 amide bonds. The van der Waals surface area contributed by atoms with Crippen molar-refractivity contribution in [2.45, 2.75) is 13.5 Å². The number of anilines is 1. The Labute approximate surface area is 184 Å². The van der Waals surface area contributed by atoms with Crippen molar-refractivity contribution in [3.63, 3.8) is 0 Å². The van der Waals surface area contributed by atoms with E-state index in [9.17, 15) is 4.79 Å². The Morgan fingerprint density at radius 1 is 1.21 bits per heavy atom. The molecular formula is C19H21Cl2N3O2S2. The van der Waals surface area contributed by atoms with Crippen LogP contribution in [0, 0.1) is 6.92 Å². The topological polar surface area (TPSA) is 44.8 Å². The van der Waals surface area contributed by atoms with Gasteiger partial charge in [0.25, 0.3) is 0 Å². The normalized spacial score (nSPS) is 14.8. The first-order valence-electron chi connectivity index (χ1n) is 8.78. The van der Waals surface area contributed by atoms with E-state index in [1.54, 1.807) is 0 Å². The largest absolute Gasteiger partial charge is 0.465 e. The number of ether oxygens (including phenoxy) is 1. The lowest BCUT2D eigenvalue weighted by Gasteiger charge is -2.36. The molecule has 0 aliphatic carbocycles. The number of thiophene rings is 1. The minimum Gasteiger partial charge on any atom is -0.465 e. The van der Waals surface area contributed by atoms with Gasteiger partial charge in [-0.3, -0.25) is 4.90 Å². The molecule has 1 fully saturated rings. The molecule has 5 nitrogen and oxygen atoms in total. The number of hydrogen-bond donors (Lipinski definition) is 1. The van der Waals surface area contributed by atoms with E-state index in [1.807, 2.05) is 31.2 Å². The molecule has 1 aliphatic heterocycles. The first-order valence-corrected chi connectivity index (χ1v) is 10.8. The zero-order valence-corrected chi connectivity index (χ0v) is 18.8. The third kappa shape index (κ3) is 5.15. The van der Waals surface area contributed by atoms with Crippen molar-refractivity contribution in [3.8, 4) is 0 Å². The van der Waals surface area contributed by atoms with E-state index >= 15 is 0 Å². The van der Waals surface area contributed by atoms with Gasteiger partial charge in [0, 0.05) is 37.6 Å². The molecule has 1 saturated heterocycles. The first-order chi connectivity index (χ1) is 13.4. The van der Waals surface area contributed by atoms with Crippen molar-refractivity contribution in [1.29, 1.82) is 0 Å². The molecule has 2 aromatic rings. The van der Waals surface area contributed by atoms with Crippen LogP contribution in [0.5, 0.6) is 0 Å². The molecule has 3 rings (SSSR count). The number of carbonyl (C=O) groups is 1. The number of carbonyl (C=O) groups excluding carboxylic acids is 1. The molecule has 0 unspecified atom stereocenters. The van der Waals surface area contributed by atoms with E-state index in [1.165, 1.54) is 18.4 Å². The summed E-state index contributed by atoms with van der Waals surface area (Å²) >= 11 is 19.1. The lowest BCUT2D eigenvalue weighted by atomic mass is 10.2. The van der Waals surface area contributed by atoms with Gasteiger partial charge >= 0.3 is 5.97 Å². The smallest absolute Gasteiger partial charge is 0.340 e. The fourth-order valence-electron chi connectivity index (χ4n) is 3.05. The van der Waals surface area contributed by atoms with Crippen LogP contribution in [0.1, 0.15) is 20.8 Å². The summed E-state index contributed by atoms with van der Waals surface area (Å²) in [7, 11) is 1.38. The molecular weight excluding hydrogens is 437 g/mol. The van der Waals surface area contributed by atoms with E-state index in [0.717, 1.165) is 48.2 Å². The Kier molecular flexibility index (Phi) is 7.17. The van der Waals surface area contributed by atoms with Crippen LogP contribution in [0.2, 0.25) is 10.0 Å². The quantitative estimate of drug-likeness (QED) is 0.531. The maximum Gasteiger partial charge on any atom is 0.340 e. The van der Waals surface area contributed by atoms with E-state index in [4.69, 9.17) is 40.2 Å². The predicted octanol–water partition coefficient (Wildman–Crippen LogP) is 4.66. The number of thiocarbonyl (C=S) groups is 1. The van der Waals surface area contributed by atoms with Crippen LogP contribution in [0.3, 0.4) is 0 Å². The van der Waals surface area contributed by atoms with Crippen LogP contribution >= 0.6 is 46.8 Å². The highest BCUT2D eigenvalue weighted by Gasteiger charge is 2.22. The van der Waals surface area contributed by atoms with Gasteiger partial charge in [-0.1, -0.05) is 29.3 Å². The third-order valence-corrected chi connectivity index (χ3v) is 6.60. The molecule has 9 heteroatoms. The Morgan fingerprint density at radius 2 is 1.93 bits per heavy atom. The molecule has 28 heavy (non-hydrogen) atoms. The van der Waals surface area contributed by atoms with Crippen molar-refractivity contribution in [1.82, 2.24) is 9.80 Å². The molecule has 1 aromatic carbocycles. The number of methoxy groups -OCH3 is 1. The molecule has 1 aromatic heterocycles. The van der Waals surface area contributed by atoms with Gasteiger partial charge in [-0.2, -0.15) is 0 Å². The minimum absolute atomic E-state index is 0.360. The summed E-state index contributed by atoms with van der Waals surface area (Å²) in [5.74, 6) is -0.360. The molecule has 1 aliphatic rings. The zero-order valence-electron chi connectivity index (χ0n) is 15.6. The highest BCUT2D eigenvalue weighted by Crippen LogP contribution is 2.29. The van der Waals surface area contributed by atoms with E-state index in [2.05, 4.69) is 15.1 Å². The number of nitrogens with one attached hydrogen (secondary N) is 1. The third-order valence-electron chi connectivity index (χ3n) is 4.53. The number of halogens is 2. The number of benzene rings is 1. The second-order valence-corrected chi connectivity index (χ2v) is 8.99. The molecule has 0 atom stereocenters. The van der Waals surface area contributed by atoms with Gasteiger partial charge in [0.15, 0.2) is 5.11 Å². The molecule has 0 radical (unpaired) electrons. The average molecular weight is 458 g/mol. The number of rotatable bonds is 4. The summed E-state index contributed by atoms with van der Waals surface area (Å²) in [6.45, 7) is 6.16. The molecule has 0 bridgehead atoms. The number of aryl methyl sites for hydroxylation is 1. The van der Waals surface area contributed by atoms with Crippen molar-refractivity contribution < 1.29 is 9.53 Å². The van der Waals surface area contributed by atoms with Gasteiger partial charge in [-0.25, -0.2) is 4.79 Å². The van der Waals surface area contributed by atoms with Gasteiger partial charge in [0.1, 0.15) is 5.00 Å². The Balaban J connectivity index is 1.55. The van der Waals surface area contributed by atoms with E-state index < -0.39 is 0 Å². The van der Waals surface area contributed by atoms with Crippen molar-refractivity contribution in [3.05, 3.63) is 50.3 Å². The molecule has 0 saturated carbocycles. The first kappa shape index (κ1) is 21.3. The second kappa shape index (κ2) is 9.41. The Hall–Kier alpha value is -1.38. The van der Waals surface area contributed by atoms with Crippen LogP contribution in [-0.2, 0) is 11.3 Å². The van der Waals surface area contributed by atoms with Crippen LogP contribution in [0.25, 0.3) is 0 Å². The van der Waals surface area contributed by atoms with Crippen molar-refractivity contribution >= 4 is 62.8 Å². The SMILES string of the molecule is COC(=O)c1cc(C)sc1NC(=S)N1CCN(Cc2ccc(Cl)c(Cl)c2)CC1. The lowest BCUT2D eigenvalue weighted by Crippen LogP contribution is -2.49. The van der Waals surface area contributed by atoms with Gasteiger partial charge in [0.05, 0.1) is 22.7 Å². The van der Waals surface area contributed by atoms with Crippen LogP contribution in [-0.4, -0.2) is 54.2 Å². The molecule has 1 N–H and O–H groups in total. The Morgan fingerprint density at radius 3 is 2.57 bits per heavy atom. The lowest BCUT2D eigenvalue weighted by molar-refractivity contribution is 0.0602. The van der Waals surface area contributed by atoms with Crippen LogP contribution in [0.15, 0.2) is 24.3 Å². The zero-order chi connectivity index (χ0) is 20.3. The van der Waals surface area contributed by atoms with Gasteiger partial charge in [-0.15, -0.1) is 11.3 Å². The number of hydrogen-bond acceptors (Lipinski definition) is 5. The van der Waals surface area contributed by atoms with Gasteiger partial charge < -0.3 is 15.0 Å². The van der Waals surface area contributed by atoms with Crippen molar-refractivity contribution in [2.24, 2.45) is 0 Å². The summed E-state index contributed by atoms with van der Waals surface area (Å²) in [5, 5.41) is 5.72. The fraction of sp³-hybridized carbons (Fsp3) is 0.368. The maximum atomic E-state index is 11.9. The predicted molar refractivity (Wildman–Crippen MR) is 120 cm³/mol. The Bertz CT molecular complexity index is 880. The standard InChI is InChI=1S/C19H21Cl2N3O2S2/c1-12-9-14(18(25)26-2)17(28-12)22-19(27)24-7-5-23(6-8-24)11-13-3-4-15(20)16(21)10-13/h3-4,9-10H,5-8,11H2,1-2H3,(H,22,27). The number of esters is 1. The molecule has 2 heterocycles. The molecule has 0 spiro atoms. The summed E-state index contributed by atoms with van der Waals surface area (Å²) in [6.07, 6.45) is 0. The van der Waals surface area contributed by atoms with Crippen LogP contribution in [0.4, 0.5) is 5.00 Å². The fourth-order valence-corrected chi connectivity index (χ4v) is 4.62. The van der Waals surface area contributed by atoms with E-state index in [-0.39, 0.29) is 5.97 Å².